The van der Waals surface area contributed by atoms with Crippen LogP contribution in [0.25, 0.3) is 0 Å². The summed E-state index contributed by atoms with van der Waals surface area (Å²) < 4.78 is 5.35. The first-order valence-electron chi connectivity index (χ1n) is 5.27. The molecule has 4 heteroatoms. The Hall–Kier alpha value is -1.29. The predicted octanol–water partition coefficient (Wildman–Crippen LogP) is 1.44. The van der Waals surface area contributed by atoms with E-state index in [0.717, 1.165) is 12.8 Å². The lowest BCUT2D eigenvalue weighted by molar-refractivity contribution is 0.110. The second kappa shape index (κ2) is 4.49. The van der Waals surface area contributed by atoms with Crippen molar-refractivity contribution in [3.8, 4) is 0 Å². The molecule has 1 aliphatic carbocycles. The first-order valence-corrected chi connectivity index (χ1v) is 5.27. The Morgan fingerprint density at radius 2 is 2.33 bits per heavy atom. The van der Waals surface area contributed by atoms with E-state index in [1.807, 2.05) is 4.90 Å². The second-order valence-electron chi connectivity index (χ2n) is 3.80. The number of furan rings is 1. The molecule has 1 saturated carbocycles. The lowest BCUT2D eigenvalue weighted by atomic mass is 9.91. The zero-order valence-corrected chi connectivity index (χ0v) is 8.56. The molecule has 0 atom stereocenters. The van der Waals surface area contributed by atoms with Crippen LogP contribution in [0, 0.1) is 0 Å². The number of nitrogens with zero attached hydrogens (tertiary/aromatic N) is 1. The summed E-state index contributed by atoms with van der Waals surface area (Å²) >= 11 is 0. The van der Waals surface area contributed by atoms with Gasteiger partial charge in [-0.1, -0.05) is 0 Å². The fourth-order valence-electron chi connectivity index (χ4n) is 1.84. The zero-order valence-electron chi connectivity index (χ0n) is 8.56. The third-order valence-electron chi connectivity index (χ3n) is 2.87. The zero-order chi connectivity index (χ0) is 10.7. The monoisotopic (exact) mass is 209 g/mol. The van der Waals surface area contributed by atoms with Gasteiger partial charge in [0.1, 0.15) is 0 Å². The van der Waals surface area contributed by atoms with Crippen LogP contribution < -0.4 is 4.90 Å². The van der Waals surface area contributed by atoms with Gasteiger partial charge in [-0.3, -0.25) is 4.79 Å². The molecule has 0 spiro atoms. The highest BCUT2D eigenvalue weighted by molar-refractivity contribution is 5.71. The number of aliphatic hydroxyl groups excluding tert-OH is 1. The second-order valence-corrected chi connectivity index (χ2v) is 3.80. The van der Waals surface area contributed by atoms with E-state index in [9.17, 15) is 4.79 Å². The van der Waals surface area contributed by atoms with Gasteiger partial charge in [0.25, 0.3) is 0 Å². The van der Waals surface area contributed by atoms with Crippen molar-refractivity contribution in [3.05, 3.63) is 17.9 Å². The molecule has 0 unspecified atom stereocenters. The van der Waals surface area contributed by atoms with E-state index >= 15 is 0 Å². The molecule has 0 radical (unpaired) electrons. The minimum atomic E-state index is 0.105. The van der Waals surface area contributed by atoms with Gasteiger partial charge in [0.05, 0.1) is 6.61 Å². The lowest BCUT2D eigenvalue weighted by Gasteiger charge is -2.37. The maximum atomic E-state index is 10.5. The number of aldehydes is 1. The highest BCUT2D eigenvalue weighted by Crippen LogP contribution is 2.30. The van der Waals surface area contributed by atoms with Crippen LogP contribution in [0.15, 0.2) is 16.5 Å². The third kappa shape index (κ3) is 2.04. The van der Waals surface area contributed by atoms with Crippen LogP contribution in [0.4, 0.5) is 5.88 Å². The Morgan fingerprint density at radius 1 is 1.53 bits per heavy atom. The van der Waals surface area contributed by atoms with Crippen LogP contribution in [0.3, 0.4) is 0 Å². The van der Waals surface area contributed by atoms with E-state index < -0.39 is 0 Å². The van der Waals surface area contributed by atoms with Gasteiger partial charge in [-0.05, 0) is 25.3 Å². The van der Waals surface area contributed by atoms with Gasteiger partial charge in [0, 0.05) is 18.7 Å². The summed E-state index contributed by atoms with van der Waals surface area (Å²) in [5.41, 5.74) is 0. The van der Waals surface area contributed by atoms with E-state index in [-0.39, 0.29) is 6.61 Å². The molecular formula is C11H15NO3. The molecule has 82 valence electrons. The van der Waals surface area contributed by atoms with Crippen LogP contribution in [0.1, 0.15) is 29.8 Å². The number of hydrogen-bond donors (Lipinski definition) is 1. The van der Waals surface area contributed by atoms with Crippen molar-refractivity contribution < 1.29 is 14.3 Å². The first-order chi connectivity index (χ1) is 7.35. The smallest absolute Gasteiger partial charge is 0.196 e. The van der Waals surface area contributed by atoms with Crippen molar-refractivity contribution in [1.82, 2.24) is 0 Å². The molecule has 0 aromatic carbocycles. The van der Waals surface area contributed by atoms with Crippen molar-refractivity contribution in [1.29, 1.82) is 0 Å². The Bertz CT molecular complexity index is 330. The minimum absolute atomic E-state index is 0.105. The van der Waals surface area contributed by atoms with E-state index in [2.05, 4.69) is 0 Å². The fourth-order valence-corrected chi connectivity index (χ4v) is 1.84. The minimum Gasteiger partial charge on any atom is -0.438 e. The van der Waals surface area contributed by atoms with Crippen LogP contribution >= 0.6 is 0 Å². The van der Waals surface area contributed by atoms with Crippen molar-refractivity contribution in [3.63, 3.8) is 0 Å². The molecule has 1 aliphatic rings. The van der Waals surface area contributed by atoms with Crippen LogP contribution in [-0.4, -0.2) is 30.6 Å². The van der Waals surface area contributed by atoms with Crippen LogP contribution in [0.5, 0.6) is 0 Å². The first kappa shape index (κ1) is 10.2. The molecule has 1 aromatic heterocycles. The average Bonchev–Trinajstić information content (AvgIpc) is 2.62. The maximum absolute atomic E-state index is 10.5. The third-order valence-corrected chi connectivity index (χ3v) is 2.87. The highest BCUT2D eigenvalue weighted by Gasteiger charge is 2.26. The number of aliphatic hydroxyl groups is 1. The molecule has 0 aliphatic heterocycles. The molecule has 0 bridgehead atoms. The number of carbonyl (C=O) groups is 1. The summed E-state index contributed by atoms with van der Waals surface area (Å²) in [5, 5.41) is 8.98. The number of anilines is 1. The topological polar surface area (TPSA) is 53.7 Å². The van der Waals surface area contributed by atoms with Gasteiger partial charge in [-0.15, -0.1) is 0 Å². The van der Waals surface area contributed by atoms with Gasteiger partial charge in [0.2, 0.25) is 0 Å². The molecule has 0 amide bonds. The van der Waals surface area contributed by atoms with Crippen molar-refractivity contribution in [2.24, 2.45) is 0 Å². The fraction of sp³-hybridized carbons (Fsp3) is 0.545. The van der Waals surface area contributed by atoms with Gasteiger partial charge in [-0.25, -0.2) is 0 Å². The van der Waals surface area contributed by atoms with Gasteiger partial charge < -0.3 is 14.4 Å². The quantitative estimate of drug-likeness (QED) is 0.745. The molecule has 1 aromatic rings. The van der Waals surface area contributed by atoms with Crippen molar-refractivity contribution in [2.45, 2.75) is 25.3 Å². The molecule has 4 nitrogen and oxygen atoms in total. The summed E-state index contributed by atoms with van der Waals surface area (Å²) in [7, 11) is 0. The van der Waals surface area contributed by atoms with E-state index in [1.165, 1.54) is 6.42 Å². The SMILES string of the molecule is O=Cc1ccc(N(CCO)C2CCC2)o1. The summed E-state index contributed by atoms with van der Waals surface area (Å²) in [6.45, 7) is 0.671. The summed E-state index contributed by atoms with van der Waals surface area (Å²) in [5.74, 6) is 1.03. The lowest BCUT2D eigenvalue weighted by Crippen LogP contribution is -2.41. The molecule has 0 saturated heterocycles. The summed E-state index contributed by atoms with van der Waals surface area (Å²) in [6.07, 6.45) is 4.20. The molecule has 1 heterocycles. The standard InChI is InChI=1S/C11H15NO3/c13-7-6-12(9-2-1-3-9)11-5-4-10(8-14)15-11/h4-5,8-9,13H,1-3,6-7H2. The molecule has 15 heavy (non-hydrogen) atoms. The molecular weight excluding hydrogens is 194 g/mol. The predicted molar refractivity (Wildman–Crippen MR) is 56.2 cm³/mol. The Morgan fingerprint density at radius 3 is 2.80 bits per heavy atom. The number of hydrogen-bond acceptors (Lipinski definition) is 4. The summed E-state index contributed by atoms with van der Waals surface area (Å²) in [6, 6.07) is 3.91. The number of carbonyl (C=O) groups excluding carboxylic acids is 1. The van der Waals surface area contributed by atoms with Gasteiger partial charge >= 0.3 is 0 Å². The summed E-state index contributed by atoms with van der Waals surface area (Å²) in [4.78, 5) is 12.5. The van der Waals surface area contributed by atoms with Gasteiger partial charge in [-0.2, -0.15) is 0 Å². The van der Waals surface area contributed by atoms with Crippen LogP contribution in [-0.2, 0) is 0 Å². The van der Waals surface area contributed by atoms with Crippen molar-refractivity contribution in [2.75, 3.05) is 18.1 Å². The average molecular weight is 209 g/mol. The molecule has 1 N–H and O–H groups in total. The maximum Gasteiger partial charge on any atom is 0.196 e. The normalized spacial score (nSPS) is 16.1. The molecule has 1 fully saturated rings. The van der Waals surface area contributed by atoms with Crippen molar-refractivity contribution >= 4 is 12.2 Å². The van der Waals surface area contributed by atoms with Crippen LogP contribution in [0.2, 0.25) is 0 Å². The van der Waals surface area contributed by atoms with E-state index in [4.69, 9.17) is 9.52 Å². The van der Waals surface area contributed by atoms with E-state index in [0.29, 0.717) is 30.5 Å². The van der Waals surface area contributed by atoms with Gasteiger partial charge in [0.15, 0.2) is 17.9 Å². The molecule has 2 rings (SSSR count). The number of rotatable bonds is 5. The highest BCUT2D eigenvalue weighted by atomic mass is 16.4. The Kier molecular flexibility index (Phi) is 3.06. The largest absolute Gasteiger partial charge is 0.438 e. The van der Waals surface area contributed by atoms with E-state index in [1.54, 1.807) is 12.1 Å². The Labute approximate surface area is 88.5 Å². The Balaban J connectivity index is 2.11.